The quantitative estimate of drug-likeness (QED) is 0.371. The molecule has 0 aliphatic carbocycles. The molecule has 8 heteroatoms. The smallest absolute Gasteiger partial charge is 0.244 e. The van der Waals surface area contributed by atoms with Gasteiger partial charge in [-0.05, 0) is 42.0 Å². The van der Waals surface area contributed by atoms with E-state index < -0.39 is 0 Å². The molecule has 2 heterocycles. The number of hydrogen-bond donors (Lipinski definition) is 2. The molecule has 2 aromatic carbocycles. The lowest BCUT2D eigenvalue weighted by Crippen LogP contribution is -2.20. The van der Waals surface area contributed by atoms with Crippen LogP contribution in [0, 0.1) is 5.82 Å². The summed E-state index contributed by atoms with van der Waals surface area (Å²) in [5, 5.41) is 3.68. The third kappa shape index (κ3) is 4.85. The molecule has 0 radical (unpaired) electrons. The van der Waals surface area contributed by atoms with Crippen LogP contribution in [0.4, 0.5) is 4.39 Å². The van der Waals surface area contributed by atoms with Gasteiger partial charge in [0.1, 0.15) is 17.2 Å². The molecule has 0 saturated heterocycles. The molecular formula is C26H24FN3O4. The maximum atomic E-state index is 13.6. The van der Waals surface area contributed by atoms with Gasteiger partial charge in [-0.1, -0.05) is 6.07 Å². The van der Waals surface area contributed by atoms with Gasteiger partial charge in [-0.25, -0.2) is 9.37 Å². The molecule has 7 nitrogen and oxygen atoms in total. The largest absolute Gasteiger partial charge is 0.496 e. The van der Waals surface area contributed by atoms with Crippen LogP contribution in [0.3, 0.4) is 0 Å². The number of halogens is 1. The number of rotatable bonds is 8. The average molecular weight is 461 g/mol. The summed E-state index contributed by atoms with van der Waals surface area (Å²) in [7, 11) is 4.63. The zero-order valence-electron chi connectivity index (χ0n) is 19.0. The highest BCUT2D eigenvalue weighted by molar-refractivity contribution is 5.96. The number of ether oxygens (including phenoxy) is 3. The Morgan fingerprint density at radius 1 is 1.03 bits per heavy atom. The highest BCUT2D eigenvalue weighted by atomic mass is 19.1. The Balaban J connectivity index is 1.50. The molecule has 0 aliphatic rings. The average Bonchev–Trinajstić information content (AvgIpc) is 3.28. The number of methoxy groups -OCH3 is 3. The van der Waals surface area contributed by atoms with Crippen molar-refractivity contribution < 1.29 is 23.4 Å². The zero-order valence-corrected chi connectivity index (χ0v) is 19.0. The van der Waals surface area contributed by atoms with Gasteiger partial charge in [0.25, 0.3) is 0 Å². The van der Waals surface area contributed by atoms with Crippen LogP contribution >= 0.6 is 0 Å². The summed E-state index contributed by atoms with van der Waals surface area (Å²) in [6, 6.07) is 11.8. The van der Waals surface area contributed by atoms with Gasteiger partial charge in [-0.15, -0.1) is 0 Å². The number of aromatic nitrogens is 2. The minimum absolute atomic E-state index is 0.242. The molecule has 4 rings (SSSR count). The number of amides is 1. The Bertz CT molecular complexity index is 1360. The number of fused-ring (bicyclic) bond motifs is 1. The number of nitrogens with one attached hydrogen (secondary N) is 2. The second-order valence-corrected chi connectivity index (χ2v) is 7.45. The fourth-order valence-electron chi connectivity index (χ4n) is 3.62. The summed E-state index contributed by atoms with van der Waals surface area (Å²) >= 11 is 0. The summed E-state index contributed by atoms with van der Waals surface area (Å²) in [6.07, 6.45) is 6.66. The van der Waals surface area contributed by atoms with Crippen LogP contribution < -0.4 is 19.5 Å². The Labute approximate surface area is 196 Å². The number of aromatic amines is 1. The van der Waals surface area contributed by atoms with Crippen molar-refractivity contribution in [2.45, 2.75) is 6.54 Å². The molecule has 0 unspecified atom stereocenters. The predicted octanol–water partition coefficient (Wildman–Crippen LogP) is 4.72. The van der Waals surface area contributed by atoms with Gasteiger partial charge in [0.15, 0.2) is 11.5 Å². The lowest BCUT2D eigenvalue weighted by molar-refractivity contribution is -0.116. The summed E-state index contributed by atoms with van der Waals surface area (Å²) in [5.74, 6) is 1.03. The maximum Gasteiger partial charge on any atom is 0.244 e. The van der Waals surface area contributed by atoms with Crippen molar-refractivity contribution in [1.82, 2.24) is 15.3 Å². The Hall–Kier alpha value is -4.33. The SMILES string of the molecule is COc1ccc(CNC(=O)/C=C/c2c[nH]c3ncc(-c4ccc(F)cc4OC)cc23)cc1OC. The van der Waals surface area contributed by atoms with Crippen molar-refractivity contribution in [1.29, 1.82) is 0 Å². The fourth-order valence-corrected chi connectivity index (χ4v) is 3.62. The van der Waals surface area contributed by atoms with Gasteiger partial charge in [-0.2, -0.15) is 0 Å². The second-order valence-electron chi connectivity index (χ2n) is 7.45. The number of H-pyrrole nitrogens is 1. The van der Waals surface area contributed by atoms with Gasteiger partial charge in [0.2, 0.25) is 5.91 Å². The number of hydrogen-bond acceptors (Lipinski definition) is 5. The van der Waals surface area contributed by atoms with E-state index in [-0.39, 0.29) is 11.7 Å². The van der Waals surface area contributed by atoms with Crippen LogP contribution in [0.15, 0.2) is 60.9 Å². The van der Waals surface area contributed by atoms with Crippen molar-refractivity contribution in [3.05, 3.63) is 77.9 Å². The minimum atomic E-state index is -0.376. The first kappa shape index (κ1) is 22.8. The molecule has 0 saturated carbocycles. The van der Waals surface area contributed by atoms with Crippen molar-refractivity contribution in [3.8, 4) is 28.4 Å². The molecule has 0 spiro atoms. The summed E-state index contributed by atoms with van der Waals surface area (Å²) in [5.41, 5.74) is 3.86. The predicted molar refractivity (Wildman–Crippen MR) is 128 cm³/mol. The third-order valence-electron chi connectivity index (χ3n) is 5.37. The second kappa shape index (κ2) is 10.1. The van der Waals surface area contributed by atoms with Crippen molar-refractivity contribution >= 4 is 23.0 Å². The van der Waals surface area contributed by atoms with Crippen molar-refractivity contribution in [2.75, 3.05) is 21.3 Å². The first-order valence-electron chi connectivity index (χ1n) is 10.5. The lowest BCUT2D eigenvalue weighted by Gasteiger charge is -2.09. The molecule has 0 atom stereocenters. The molecule has 4 aromatic rings. The van der Waals surface area contributed by atoms with E-state index in [1.165, 1.54) is 25.3 Å². The molecule has 0 fully saturated rings. The van der Waals surface area contributed by atoms with E-state index in [9.17, 15) is 9.18 Å². The number of pyridine rings is 1. The van der Waals surface area contributed by atoms with Gasteiger partial charge in [0.05, 0.1) is 21.3 Å². The lowest BCUT2D eigenvalue weighted by atomic mass is 10.0. The van der Waals surface area contributed by atoms with Crippen LogP contribution in [0.25, 0.3) is 28.2 Å². The molecule has 174 valence electrons. The zero-order chi connectivity index (χ0) is 24.1. The molecule has 1 amide bonds. The van der Waals surface area contributed by atoms with Gasteiger partial charge in [0, 0.05) is 53.2 Å². The minimum Gasteiger partial charge on any atom is -0.496 e. The Morgan fingerprint density at radius 2 is 1.82 bits per heavy atom. The number of carbonyl (C=O) groups excluding carboxylic acids is 1. The fraction of sp³-hybridized carbons (Fsp3) is 0.154. The van der Waals surface area contributed by atoms with E-state index in [0.29, 0.717) is 29.4 Å². The molecule has 2 aromatic heterocycles. The van der Waals surface area contributed by atoms with Crippen molar-refractivity contribution in [3.63, 3.8) is 0 Å². The van der Waals surface area contributed by atoms with E-state index in [0.717, 1.165) is 27.6 Å². The van der Waals surface area contributed by atoms with E-state index in [4.69, 9.17) is 14.2 Å². The molecule has 2 N–H and O–H groups in total. The van der Waals surface area contributed by atoms with Crippen molar-refractivity contribution in [2.24, 2.45) is 0 Å². The standard InChI is InChI=1S/C26H24FN3O4/c1-32-22-8-4-16(10-24(22)34-3)13-28-25(31)9-5-17-14-29-26-21(17)11-18(15-30-26)20-7-6-19(27)12-23(20)33-2/h4-12,14-15H,13H2,1-3H3,(H,28,31)(H,29,30)/b9-5+. The van der Waals surface area contributed by atoms with Crippen LogP contribution in [0.2, 0.25) is 0 Å². The van der Waals surface area contributed by atoms with Crippen LogP contribution in [-0.2, 0) is 11.3 Å². The summed E-state index contributed by atoms with van der Waals surface area (Å²) in [6.45, 7) is 0.341. The van der Waals surface area contributed by atoms with E-state index in [1.54, 1.807) is 44.8 Å². The van der Waals surface area contributed by atoms with Crippen LogP contribution in [-0.4, -0.2) is 37.2 Å². The summed E-state index contributed by atoms with van der Waals surface area (Å²) < 4.78 is 29.4. The Morgan fingerprint density at radius 3 is 2.59 bits per heavy atom. The highest BCUT2D eigenvalue weighted by Crippen LogP contribution is 2.32. The van der Waals surface area contributed by atoms with E-state index in [2.05, 4.69) is 15.3 Å². The number of nitrogens with zero attached hydrogens (tertiary/aromatic N) is 1. The number of carbonyl (C=O) groups is 1. The third-order valence-corrected chi connectivity index (χ3v) is 5.37. The molecule has 0 aliphatic heterocycles. The van der Waals surface area contributed by atoms with Crippen LogP contribution in [0.1, 0.15) is 11.1 Å². The normalized spacial score (nSPS) is 11.1. The molecular weight excluding hydrogens is 437 g/mol. The topological polar surface area (TPSA) is 85.5 Å². The molecule has 0 bridgehead atoms. The molecule has 34 heavy (non-hydrogen) atoms. The highest BCUT2D eigenvalue weighted by Gasteiger charge is 2.11. The van der Waals surface area contributed by atoms with Crippen LogP contribution in [0.5, 0.6) is 17.2 Å². The first-order chi connectivity index (χ1) is 16.5. The van der Waals surface area contributed by atoms with E-state index in [1.807, 2.05) is 18.2 Å². The number of benzene rings is 2. The van der Waals surface area contributed by atoms with E-state index >= 15 is 0 Å². The van der Waals surface area contributed by atoms with Gasteiger partial charge < -0.3 is 24.5 Å². The monoisotopic (exact) mass is 461 g/mol. The maximum absolute atomic E-state index is 13.6. The van der Waals surface area contributed by atoms with Gasteiger partial charge >= 0.3 is 0 Å². The first-order valence-corrected chi connectivity index (χ1v) is 10.5. The Kier molecular flexibility index (Phi) is 6.77. The van der Waals surface area contributed by atoms with Gasteiger partial charge in [-0.3, -0.25) is 4.79 Å². The summed E-state index contributed by atoms with van der Waals surface area (Å²) in [4.78, 5) is 19.9.